The minimum absolute atomic E-state index is 0.0325. The molecular formula is C15H12NO3-. The summed E-state index contributed by atoms with van der Waals surface area (Å²) in [5.41, 5.74) is 1.53. The van der Waals surface area contributed by atoms with Gasteiger partial charge in [-0.25, -0.2) is 0 Å². The number of aryl methyl sites for hydroxylation is 1. The van der Waals surface area contributed by atoms with Gasteiger partial charge in [-0.05, 0) is 30.7 Å². The number of carboxylic acid groups (broad SMARTS) is 1. The van der Waals surface area contributed by atoms with E-state index >= 15 is 0 Å². The number of benzene rings is 2. The molecule has 0 heterocycles. The molecule has 0 atom stereocenters. The molecule has 0 saturated heterocycles. The van der Waals surface area contributed by atoms with Gasteiger partial charge in [0.1, 0.15) is 0 Å². The summed E-state index contributed by atoms with van der Waals surface area (Å²) in [4.78, 5) is 23.0. The molecule has 0 fully saturated rings. The number of hydrogen-bond acceptors (Lipinski definition) is 3. The molecular weight excluding hydrogens is 242 g/mol. The number of rotatable bonds is 3. The molecule has 1 N–H and O–H groups in total. The van der Waals surface area contributed by atoms with Crippen LogP contribution in [0.15, 0.2) is 48.5 Å². The third kappa shape index (κ3) is 2.98. The first-order chi connectivity index (χ1) is 9.08. The average Bonchev–Trinajstić information content (AvgIpc) is 2.39. The molecule has 1 amide bonds. The Hall–Kier alpha value is -2.62. The molecule has 96 valence electrons. The second-order valence-corrected chi connectivity index (χ2v) is 4.16. The van der Waals surface area contributed by atoms with Crippen LogP contribution in [0, 0.1) is 6.92 Å². The Morgan fingerprint density at radius 1 is 1.05 bits per heavy atom. The van der Waals surface area contributed by atoms with Gasteiger partial charge in [0.15, 0.2) is 0 Å². The van der Waals surface area contributed by atoms with Crippen molar-refractivity contribution in [2.45, 2.75) is 6.92 Å². The number of anilines is 1. The summed E-state index contributed by atoms with van der Waals surface area (Å²) in [7, 11) is 0. The Morgan fingerprint density at radius 3 is 2.37 bits per heavy atom. The Bertz CT molecular complexity index is 621. The molecule has 0 aliphatic carbocycles. The highest BCUT2D eigenvalue weighted by Crippen LogP contribution is 2.18. The van der Waals surface area contributed by atoms with Gasteiger partial charge in [-0.15, -0.1) is 0 Å². The minimum Gasteiger partial charge on any atom is -0.545 e. The second kappa shape index (κ2) is 5.35. The van der Waals surface area contributed by atoms with E-state index in [-0.39, 0.29) is 17.2 Å². The lowest BCUT2D eigenvalue weighted by Gasteiger charge is -2.12. The van der Waals surface area contributed by atoms with Crippen molar-refractivity contribution in [1.82, 2.24) is 0 Å². The van der Waals surface area contributed by atoms with Crippen molar-refractivity contribution >= 4 is 17.6 Å². The number of nitrogens with one attached hydrogen (secondary N) is 1. The van der Waals surface area contributed by atoms with Crippen LogP contribution in [-0.2, 0) is 0 Å². The zero-order valence-electron chi connectivity index (χ0n) is 10.3. The lowest BCUT2D eigenvalue weighted by atomic mass is 10.1. The van der Waals surface area contributed by atoms with E-state index in [0.717, 1.165) is 5.56 Å². The fourth-order valence-electron chi connectivity index (χ4n) is 1.72. The number of carbonyl (C=O) groups excluding carboxylic acids is 2. The zero-order valence-corrected chi connectivity index (χ0v) is 10.3. The van der Waals surface area contributed by atoms with Gasteiger partial charge >= 0.3 is 0 Å². The van der Waals surface area contributed by atoms with Crippen molar-refractivity contribution < 1.29 is 14.7 Å². The highest BCUT2D eigenvalue weighted by atomic mass is 16.4. The summed E-state index contributed by atoms with van der Waals surface area (Å²) in [6.45, 7) is 1.82. The van der Waals surface area contributed by atoms with Crippen LogP contribution in [0.5, 0.6) is 0 Å². The first kappa shape index (κ1) is 12.8. The molecule has 0 bridgehead atoms. The molecule has 0 aliphatic heterocycles. The Kier molecular flexibility index (Phi) is 3.61. The third-order valence-corrected chi connectivity index (χ3v) is 2.68. The smallest absolute Gasteiger partial charge is 0.255 e. The maximum atomic E-state index is 12.0. The molecule has 19 heavy (non-hydrogen) atoms. The highest BCUT2D eigenvalue weighted by molar-refractivity contribution is 6.07. The third-order valence-electron chi connectivity index (χ3n) is 2.68. The summed E-state index contributed by atoms with van der Waals surface area (Å²) < 4.78 is 0. The molecule has 0 aliphatic rings. The Balaban J connectivity index is 2.31. The van der Waals surface area contributed by atoms with Gasteiger partial charge in [0, 0.05) is 11.1 Å². The highest BCUT2D eigenvalue weighted by Gasteiger charge is 2.09. The number of hydrogen-bond donors (Lipinski definition) is 1. The predicted molar refractivity (Wildman–Crippen MR) is 69.9 cm³/mol. The van der Waals surface area contributed by atoms with Crippen LogP contribution in [0.2, 0.25) is 0 Å². The van der Waals surface area contributed by atoms with E-state index in [0.29, 0.717) is 5.56 Å². The summed E-state index contributed by atoms with van der Waals surface area (Å²) in [5, 5.41) is 13.6. The van der Waals surface area contributed by atoms with Gasteiger partial charge in [-0.2, -0.15) is 0 Å². The van der Waals surface area contributed by atoms with Crippen LogP contribution in [-0.4, -0.2) is 11.9 Å². The maximum Gasteiger partial charge on any atom is 0.255 e. The number of carbonyl (C=O) groups is 2. The lowest BCUT2D eigenvalue weighted by molar-refractivity contribution is -0.254. The molecule has 0 aromatic heterocycles. The monoisotopic (exact) mass is 254 g/mol. The molecule has 0 saturated carbocycles. The van der Waals surface area contributed by atoms with Crippen LogP contribution >= 0.6 is 0 Å². The Labute approximate surface area is 110 Å². The standard InChI is InChI=1S/C15H13NO3/c1-10-7-8-12(15(18)19)13(9-10)16-14(17)11-5-3-2-4-6-11/h2-9H,1H3,(H,16,17)(H,18,19)/p-1. The van der Waals surface area contributed by atoms with Gasteiger partial charge in [0.2, 0.25) is 0 Å². The first-order valence-electron chi connectivity index (χ1n) is 5.76. The topological polar surface area (TPSA) is 69.2 Å². The molecule has 0 spiro atoms. The first-order valence-corrected chi connectivity index (χ1v) is 5.76. The fraction of sp³-hybridized carbons (Fsp3) is 0.0667. The predicted octanol–water partition coefficient (Wildman–Crippen LogP) is 1.61. The molecule has 2 rings (SSSR count). The van der Waals surface area contributed by atoms with Crippen LogP contribution in [0.4, 0.5) is 5.69 Å². The quantitative estimate of drug-likeness (QED) is 0.904. The SMILES string of the molecule is Cc1ccc(C(=O)[O-])c(NC(=O)c2ccccc2)c1. The summed E-state index contributed by atoms with van der Waals surface area (Å²) in [6, 6.07) is 13.3. The fourth-order valence-corrected chi connectivity index (χ4v) is 1.72. The number of carboxylic acids is 1. The molecule has 0 radical (unpaired) electrons. The van der Waals surface area contributed by atoms with E-state index in [4.69, 9.17) is 0 Å². The van der Waals surface area contributed by atoms with Gasteiger partial charge in [-0.3, -0.25) is 4.79 Å². The van der Waals surface area contributed by atoms with E-state index in [1.165, 1.54) is 6.07 Å². The molecule has 4 nitrogen and oxygen atoms in total. The maximum absolute atomic E-state index is 12.0. The van der Waals surface area contributed by atoms with Crippen molar-refractivity contribution in [3.63, 3.8) is 0 Å². The minimum atomic E-state index is -1.32. The van der Waals surface area contributed by atoms with E-state index in [1.807, 2.05) is 6.92 Å². The zero-order chi connectivity index (χ0) is 13.8. The van der Waals surface area contributed by atoms with E-state index in [9.17, 15) is 14.7 Å². The lowest BCUT2D eigenvalue weighted by Crippen LogP contribution is -2.25. The van der Waals surface area contributed by atoms with Crippen molar-refractivity contribution in [3.05, 3.63) is 65.2 Å². The van der Waals surface area contributed by atoms with Gasteiger partial charge in [0.25, 0.3) is 5.91 Å². The van der Waals surface area contributed by atoms with E-state index < -0.39 is 5.97 Å². The van der Waals surface area contributed by atoms with Crippen LogP contribution in [0.1, 0.15) is 26.3 Å². The molecule has 2 aromatic carbocycles. The van der Waals surface area contributed by atoms with Crippen molar-refractivity contribution in [2.75, 3.05) is 5.32 Å². The van der Waals surface area contributed by atoms with Gasteiger partial charge < -0.3 is 15.2 Å². The molecule has 2 aromatic rings. The summed E-state index contributed by atoms with van der Waals surface area (Å²) in [6.07, 6.45) is 0. The average molecular weight is 254 g/mol. The van der Waals surface area contributed by atoms with Gasteiger partial charge in [0.05, 0.1) is 11.7 Å². The molecule has 4 heteroatoms. The van der Waals surface area contributed by atoms with E-state index in [1.54, 1.807) is 42.5 Å². The largest absolute Gasteiger partial charge is 0.545 e. The van der Waals surface area contributed by atoms with Gasteiger partial charge in [-0.1, -0.05) is 30.3 Å². The van der Waals surface area contributed by atoms with Crippen molar-refractivity contribution in [2.24, 2.45) is 0 Å². The van der Waals surface area contributed by atoms with Crippen LogP contribution < -0.4 is 10.4 Å². The summed E-state index contributed by atoms with van der Waals surface area (Å²) in [5.74, 6) is -1.67. The van der Waals surface area contributed by atoms with Crippen molar-refractivity contribution in [3.8, 4) is 0 Å². The van der Waals surface area contributed by atoms with Crippen LogP contribution in [0.25, 0.3) is 0 Å². The number of aromatic carboxylic acids is 1. The Morgan fingerprint density at radius 2 is 1.74 bits per heavy atom. The molecule has 0 unspecified atom stereocenters. The second-order valence-electron chi connectivity index (χ2n) is 4.16. The van der Waals surface area contributed by atoms with Crippen LogP contribution in [0.3, 0.4) is 0 Å². The van der Waals surface area contributed by atoms with E-state index in [2.05, 4.69) is 5.32 Å². The summed E-state index contributed by atoms with van der Waals surface area (Å²) >= 11 is 0. The van der Waals surface area contributed by atoms with Crippen molar-refractivity contribution in [1.29, 1.82) is 0 Å². The number of amides is 1. The normalized spacial score (nSPS) is 9.95.